The number of thioether (sulfide) groups is 1. The largest absolute Gasteiger partial charge is 0.503 e. The first kappa shape index (κ1) is 30.5. The predicted octanol–water partition coefficient (Wildman–Crippen LogP) is 8.24. The van der Waals surface area contributed by atoms with Gasteiger partial charge in [-0.05, 0) is 53.5 Å². The van der Waals surface area contributed by atoms with E-state index in [0.29, 0.717) is 33.0 Å². The van der Waals surface area contributed by atoms with Crippen LogP contribution in [0.4, 0.5) is 5.13 Å². The van der Waals surface area contributed by atoms with Crippen molar-refractivity contribution in [1.82, 2.24) is 10.2 Å². The van der Waals surface area contributed by atoms with Gasteiger partial charge in [-0.3, -0.25) is 14.5 Å². The first-order valence-corrected chi connectivity index (χ1v) is 16.1. The fourth-order valence-electron chi connectivity index (χ4n) is 4.57. The van der Waals surface area contributed by atoms with Gasteiger partial charge in [0.15, 0.2) is 15.9 Å². The highest BCUT2D eigenvalue weighted by atomic mass is 35.5. The van der Waals surface area contributed by atoms with Crippen molar-refractivity contribution >= 4 is 57.6 Å². The maximum absolute atomic E-state index is 13.5. The molecule has 1 atom stereocenters. The highest BCUT2D eigenvalue weighted by Gasteiger charge is 2.45. The summed E-state index contributed by atoms with van der Waals surface area (Å²) >= 11 is 8.70. The first-order valence-electron chi connectivity index (χ1n) is 13.9. The molecule has 0 bridgehead atoms. The van der Waals surface area contributed by atoms with Gasteiger partial charge in [0.05, 0.1) is 18.2 Å². The molecule has 220 valence electrons. The highest BCUT2D eigenvalue weighted by Crippen LogP contribution is 2.43. The number of benzene rings is 3. The fraction of sp³-hybridized carbons (Fsp3) is 0.212. The zero-order valence-corrected chi connectivity index (χ0v) is 25.9. The average molecular weight is 632 g/mol. The minimum Gasteiger partial charge on any atom is -0.503 e. The molecule has 7 nitrogen and oxygen atoms in total. The van der Waals surface area contributed by atoms with Gasteiger partial charge >= 0.3 is 0 Å². The van der Waals surface area contributed by atoms with E-state index in [9.17, 15) is 14.7 Å². The molecule has 10 heteroatoms. The van der Waals surface area contributed by atoms with Crippen LogP contribution in [0.2, 0.25) is 5.02 Å². The molecule has 2 heterocycles. The fourth-order valence-corrected chi connectivity index (χ4v) is 6.52. The van der Waals surface area contributed by atoms with E-state index >= 15 is 0 Å². The number of allylic oxidation sites excluding steroid dienone is 1. The van der Waals surface area contributed by atoms with Crippen LogP contribution in [-0.4, -0.2) is 33.6 Å². The van der Waals surface area contributed by atoms with E-state index in [0.717, 1.165) is 30.4 Å². The lowest BCUT2D eigenvalue weighted by molar-refractivity contribution is -0.117. The normalized spacial score (nSPS) is 15.1. The SMILES string of the molecule is CCCCCOc1ccc(C2C(C(=O)C=Cc3ccccc3)=C(O)C(=O)N2c2nnc(SCc3ccc(Cl)cc3)s2)cc1. The lowest BCUT2D eigenvalue weighted by atomic mass is 9.95. The molecular formula is C33H30ClN3O4S2. The zero-order valence-electron chi connectivity index (χ0n) is 23.5. The van der Waals surface area contributed by atoms with Crippen molar-refractivity contribution in [2.24, 2.45) is 0 Å². The third-order valence-corrected chi connectivity index (χ3v) is 9.17. The minimum absolute atomic E-state index is 0.0145. The monoisotopic (exact) mass is 631 g/mol. The number of carbonyl (C=O) groups excluding carboxylic acids is 2. The Labute approximate surface area is 263 Å². The predicted molar refractivity (Wildman–Crippen MR) is 173 cm³/mol. The minimum atomic E-state index is -0.892. The summed E-state index contributed by atoms with van der Waals surface area (Å²) in [6.45, 7) is 2.75. The van der Waals surface area contributed by atoms with Crippen LogP contribution in [0.25, 0.3) is 6.08 Å². The van der Waals surface area contributed by atoms with Crippen molar-refractivity contribution in [2.75, 3.05) is 11.5 Å². The Hall–Kier alpha value is -3.92. The molecular weight excluding hydrogens is 602 g/mol. The number of ether oxygens (including phenoxy) is 1. The summed E-state index contributed by atoms with van der Waals surface area (Å²) in [5.41, 5.74) is 2.51. The molecule has 0 spiro atoms. The lowest BCUT2D eigenvalue weighted by Crippen LogP contribution is -2.30. The van der Waals surface area contributed by atoms with Gasteiger partial charge in [-0.25, -0.2) is 0 Å². The second kappa shape index (κ2) is 14.5. The molecule has 0 aliphatic carbocycles. The Morgan fingerprint density at radius 1 is 1.05 bits per heavy atom. The third kappa shape index (κ3) is 7.54. The molecule has 4 aromatic rings. The number of nitrogens with zero attached hydrogens (tertiary/aromatic N) is 3. The number of aliphatic hydroxyl groups is 1. The van der Waals surface area contributed by atoms with Crippen LogP contribution < -0.4 is 9.64 Å². The molecule has 5 rings (SSSR count). The standard InChI is InChI=1S/C33H30ClN3O4S2/c1-2-3-7-20-41-26-17-13-24(14-18-26)29-28(27(38)19-12-22-8-5-4-6-9-22)30(39)31(40)37(29)32-35-36-33(43-32)42-21-23-10-15-25(34)16-11-23/h4-6,8-19,29,39H,2-3,7,20-21H2,1H3. The number of amides is 1. The van der Waals surface area contributed by atoms with E-state index in [1.54, 1.807) is 6.08 Å². The van der Waals surface area contributed by atoms with Crippen LogP contribution >= 0.6 is 34.7 Å². The van der Waals surface area contributed by atoms with Crippen LogP contribution in [0, 0.1) is 0 Å². The van der Waals surface area contributed by atoms with Crippen molar-refractivity contribution in [3.8, 4) is 5.75 Å². The smallest absolute Gasteiger partial charge is 0.296 e. The van der Waals surface area contributed by atoms with Crippen LogP contribution in [-0.2, 0) is 15.3 Å². The van der Waals surface area contributed by atoms with Crippen LogP contribution in [0.3, 0.4) is 0 Å². The van der Waals surface area contributed by atoms with Gasteiger partial charge in [-0.2, -0.15) is 0 Å². The third-order valence-electron chi connectivity index (χ3n) is 6.79. The highest BCUT2D eigenvalue weighted by molar-refractivity contribution is 8.00. The quantitative estimate of drug-likeness (QED) is 0.0687. The van der Waals surface area contributed by atoms with Gasteiger partial charge in [0.2, 0.25) is 5.13 Å². The Morgan fingerprint density at radius 3 is 2.51 bits per heavy atom. The second-order valence-corrected chi connectivity index (χ2v) is 12.5. The van der Waals surface area contributed by atoms with Gasteiger partial charge in [0.1, 0.15) is 5.75 Å². The Bertz CT molecular complexity index is 1620. The van der Waals surface area contributed by atoms with E-state index in [-0.39, 0.29) is 10.7 Å². The van der Waals surface area contributed by atoms with Gasteiger partial charge in [0, 0.05) is 10.8 Å². The Morgan fingerprint density at radius 2 is 1.79 bits per heavy atom. The van der Waals surface area contributed by atoms with Gasteiger partial charge < -0.3 is 9.84 Å². The van der Waals surface area contributed by atoms with Crippen LogP contribution in [0.1, 0.15) is 48.9 Å². The number of anilines is 1. The number of aliphatic hydroxyl groups excluding tert-OH is 1. The van der Waals surface area contributed by atoms with E-state index < -0.39 is 23.5 Å². The number of ketones is 1. The summed E-state index contributed by atoms with van der Waals surface area (Å²) < 4.78 is 6.51. The number of rotatable bonds is 13. The van der Waals surface area contributed by atoms with Crippen molar-refractivity contribution < 1.29 is 19.4 Å². The molecule has 1 aromatic heterocycles. The second-order valence-electron chi connectivity index (χ2n) is 9.84. The Kier molecular flexibility index (Phi) is 10.3. The number of hydrogen-bond donors (Lipinski definition) is 1. The van der Waals surface area contributed by atoms with E-state index in [1.807, 2.05) is 78.9 Å². The average Bonchev–Trinajstić information content (AvgIpc) is 3.60. The number of carbonyl (C=O) groups is 2. The number of aromatic nitrogens is 2. The zero-order chi connectivity index (χ0) is 30.2. The summed E-state index contributed by atoms with van der Waals surface area (Å²) in [5, 5.41) is 20.6. The summed E-state index contributed by atoms with van der Waals surface area (Å²) in [6.07, 6.45) is 6.19. The molecule has 0 radical (unpaired) electrons. The molecule has 1 aliphatic rings. The van der Waals surface area contributed by atoms with Crippen molar-refractivity contribution in [2.45, 2.75) is 42.3 Å². The van der Waals surface area contributed by atoms with Crippen molar-refractivity contribution in [3.05, 3.63) is 118 Å². The first-order chi connectivity index (χ1) is 20.9. The summed E-state index contributed by atoms with van der Waals surface area (Å²) in [7, 11) is 0. The maximum atomic E-state index is 13.5. The molecule has 1 aliphatic heterocycles. The van der Waals surface area contributed by atoms with Gasteiger partial charge in [-0.1, -0.05) is 115 Å². The van der Waals surface area contributed by atoms with E-state index in [1.165, 1.54) is 34.1 Å². The van der Waals surface area contributed by atoms with Crippen molar-refractivity contribution in [1.29, 1.82) is 0 Å². The molecule has 1 unspecified atom stereocenters. The molecule has 0 saturated heterocycles. The molecule has 1 N–H and O–H groups in total. The van der Waals surface area contributed by atoms with Crippen LogP contribution in [0.15, 0.2) is 101 Å². The summed E-state index contributed by atoms with van der Waals surface area (Å²) in [5.74, 6) is -0.438. The molecule has 1 amide bonds. The Balaban J connectivity index is 1.42. The topological polar surface area (TPSA) is 92.6 Å². The number of unbranched alkanes of at least 4 members (excludes halogenated alkanes) is 2. The van der Waals surface area contributed by atoms with Gasteiger partial charge in [-0.15, -0.1) is 10.2 Å². The van der Waals surface area contributed by atoms with Gasteiger partial charge in [0.25, 0.3) is 5.91 Å². The molecule has 43 heavy (non-hydrogen) atoms. The molecule has 0 fully saturated rings. The maximum Gasteiger partial charge on any atom is 0.296 e. The number of hydrogen-bond acceptors (Lipinski definition) is 8. The molecule has 3 aromatic carbocycles. The summed E-state index contributed by atoms with van der Waals surface area (Å²) in [4.78, 5) is 28.4. The lowest BCUT2D eigenvalue weighted by Gasteiger charge is -2.24. The number of halogens is 1. The van der Waals surface area contributed by atoms with Crippen molar-refractivity contribution in [3.63, 3.8) is 0 Å². The van der Waals surface area contributed by atoms with E-state index in [4.69, 9.17) is 16.3 Å². The van der Waals surface area contributed by atoms with E-state index in [2.05, 4.69) is 17.1 Å². The summed E-state index contributed by atoms with van der Waals surface area (Å²) in [6, 6.07) is 23.3. The molecule has 0 saturated carbocycles. The van der Waals surface area contributed by atoms with Crippen LogP contribution in [0.5, 0.6) is 5.75 Å².